The Kier molecular flexibility index (Phi) is 7.20. The summed E-state index contributed by atoms with van der Waals surface area (Å²) in [6, 6.07) is -1.04. The van der Waals surface area contributed by atoms with Crippen LogP contribution in [0.1, 0.15) is 48.0 Å². The normalized spacial score (nSPS) is 20.4. The fraction of sp³-hybridized carbons (Fsp3) is 0.824. The van der Waals surface area contributed by atoms with Crippen LogP contribution in [0.4, 0.5) is 4.79 Å². The van der Waals surface area contributed by atoms with Crippen LogP contribution in [0.3, 0.4) is 0 Å². The van der Waals surface area contributed by atoms with Crippen LogP contribution in [0.5, 0.6) is 0 Å². The minimum Gasteiger partial charge on any atom is -0.464 e. The predicted octanol–water partition coefficient (Wildman–Crippen LogP) is 1.84. The van der Waals surface area contributed by atoms with Gasteiger partial charge in [-0.1, -0.05) is 6.92 Å². The SMILES string of the molecule is CCOC(=O)C(C(=O)CC)N1CCN(C(=O)OC(C)(C)C)C[C@H]1C. The maximum absolute atomic E-state index is 12.2. The molecule has 2 atom stereocenters. The monoisotopic (exact) mass is 342 g/mol. The molecule has 0 aromatic heterocycles. The van der Waals surface area contributed by atoms with E-state index in [-0.39, 0.29) is 30.9 Å². The van der Waals surface area contributed by atoms with E-state index < -0.39 is 17.6 Å². The van der Waals surface area contributed by atoms with Gasteiger partial charge >= 0.3 is 12.1 Å². The third-order valence-electron chi connectivity index (χ3n) is 3.83. The zero-order chi connectivity index (χ0) is 18.5. The summed E-state index contributed by atoms with van der Waals surface area (Å²) in [5, 5.41) is 0. The Morgan fingerprint density at radius 3 is 2.25 bits per heavy atom. The Bertz CT molecular complexity index is 472. The Balaban J connectivity index is 2.80. The summed E-state index contributed by atoms with van der Waals surface area (Å²) in [6.07, 6.45) is -0.105. The van der Waals surface area contributed by atoms with Crippen molar-refractivity contribution >= 4 is 17.8 Å². The number of hydrogen-bond acceptors (Lipinski definition) is 6. The van der Waals surface area contributed by atoms with Gasteiger partial charge in [-0.15, -0.1) is 0 Å². The van der Waals surface area contributed by atoms with E-state index in [9.17, 15) is 14.4 Å². The molecule has 1 fully saturated rings. The van der Waals surface area contributed by atoms with Gasteiger partial charge in [-0.2, -0.15) is 0 Å². The first-order valence-electron chi connectivity index (χ1n) is 8.53. The van der Waals surface area contributed by atoms with Crippen molar-refractivity contribution in [3.8, 4) is 0 Å². The number of Topliss-reactive ketones (excluding diaryl/α,β-unsaturated/α-hetero) is 1. The molecule has 1 saturated heterocycles. The second-order valence-corrected chi connectivity index (χ2v) is 6.99. The molecule has 138 valence electrons. The van der Waals surface area contributed by atoms with Crippen LogP contribution < -0.4 is 0 Å². The average Bonchev–Trinajstić information content (AvgIpc) is 2.47. The zero-order valence-electron chi connectivity index (χ0n) is 15.6. The van der Waals surface area contributed by atoms with Crippen molar-refractivity contribution in [1.82, 2.24) is 9.80 Å². The van der Waals surface area contributed by atoms with Gasteiger partial charge in [-0.05, 0) is 34.6 Å². The van der Waals surface area contributed by atoms with Gasteiger partial charge in [0.1, 0.15) is 5.60 Å². The highest BCUT2D eigenvalue weighted by Crippen LogP contribution is 2.18. The number of esters is 1. The van der Waals surface area contributed by atoms with Gasteiger partial charge in [0.15, 0.2) is 11.8 Å². The minimum atomic E-state index is -0.897. The molecule has 0 N–H and O–H groups in total. The number of nitrogens with zero attached hydrogens (tertiary/aromatic N) is 2. The van der Waals surface area contributed by atoms with Crippen LogP contribution >= 0.6 is 0 Å². The number of amides is 1. The van der Waals surface area contributed by atoms with E-state index in [2.05, 4.69) is 0 Å². The lowest BCUT2D eigenvalue weighted by Crippen LogP contribution is -2.61. The Morgan fingerprint density at radius 2 is 1.79 bits per heavy atom. The lowest BCUT2D eigenvalue weighted by molar-refractivity contribution is -0.155. The third kappa shape index (κ3) is 5.47. The molecule has 0 aromatic carbocycles. The van der Waals surface area contributed by atoms with Gasteiger partial charge in [0.25, 0.3) is 0 Å². The van der Waals surface area contributed by atoms with Gasteiger partial charge < -0.3 is 14.4 Å². The second-order valence-electron chi connectivity index (χ2n) is 6.99. The largest absolute Gasteiger partial charge is 0.464 e. The van der Waals surface area contributed by atoms with Gasteiger partial charge in [-0.25, -0.2) is 9.59 Å². The maximum Gasteiger partial charge on any atom is 0.410 e. The van der Waals surface area contributed by atoms with Crippen LogP contribution in [-0.4, -0.2) is 71.6 Å². The minimum absolute atomic E-state index is 0.142. The van der Waals surface area contributed by atoms with Crippen LogP contribution in [0.2, 0.25) is 0 Å². The smallest absolute Gasteiger partial charge is 0.410 e. The van der Waals surface area contributed by atoms with E-state index in [1.165, 1.54) is 0 Å². The van der Waals surface area contributed by atoms with E-state index in [1.54, 1.807) is 18.7 Å². The van der Waals surface area contributed by atoms with Crippen LogP contribution in [0.25, 0.3) is 0 Å². The predicted molar refractivity (Wildman–Crippen MR) is 89.7 cm³/mol. The van der Waals surface area contributed by atoms with Crippen molar-refractivity contribution in [1.29, 1.82) is 0 Å². The van der Waals surface area contributed by atoms with Crippen molar-refractivity contribution in [2.75, 3.05) is 26.2 Å². The summed E-state index contributed by atoms with van der Waals surface area (Å²) in [5.41, 5.74) is -0.552. The quantitative estimate of drug-likeness (QED) is 0.560. The zero-order valence-corrected chi connectivity index (χ0v) is 15.6. The summed E-state index contributed by atoms with van der Waals surface area (Å²) < 4.78 is 10.4. The van der Waals surface area contributed by atoms with Crippen molar-refractivity contribution in [3.63, 3.8) is 0 Å². The lowest BCUT2D eigenvalue weighted by Gasteiger charge is -2.42. The van der Waals surface area contributed by atoms with Gasteiger partial charge in [-0.3, -0.25) is 9.69 Å². The summed E-state index contributed by atoms with van der Waals surface area (Å²) in [5.74, 6) is -0.673. The molecule has 1 unspecified atom stereocenters. The van der Waals surface area contributed by atoms with Gasteiger partial charge in [0.05, 0.1) is 6.61 Å². The molecule has 7 nitrogen and oxygen atoms in total. The Labute approximate surface area is 144 Å². The molecule has 1 rings (SSSR count). The van der Waals surface area contributed by atoms with Gasteiger partial charge in [0, 0.05) is 32.1 Å². The van der Waals surface area contributed by atoms with Crippen LogP contribution in [0, 0.1) is 0 Å². The number of carbonyl (C=O) groups is 3. The van der Waals surface area contributed by atoms with Crippen LogP contribution in [0.15, 0.2) is 0 Å². The first-order valence-corrected chi connectivity index (χ1v) is 8.53. The molecular formula is C17H30N2O5. The molecule has 24 heavy (non-hydrogen) atoms. The summed E-state index contributed by atoms with van der Waals surface area (Å²) in [7, 11) is 0. The Hall–Kier alpha value is -1.63. The lowest BCUT2D eigenvalue weighted by atomic mass is 10.0. The molecule has 1 heterocycles. The average molecular weight is 342 g/mol. The molecule has 0 saturated carbocycles. The number of ketones is 1. The van der Waals surface area contributed by atoms with E-state index in [0.717, 1.165) is 0 Å². The molecule has 0 bridgehead atoms. The fourth-order valence-electron chi connectivity index (χ4n) is 2.71. The number of hydrogen-bond donors (Lipinski definition) is 0. The molecule has 0 aromatic rings. The van der Waals surface area contributed by atoms with Crippen molar-refractivity contribution in [3.05, 3.63) is 0 Å². The molecule has 0 radical (unpaired) electrons. The number of carbonyl (C=O) groups excluding carboxylic acids is 3. The summed E-state index contributed by atoms with van der Waals surface area (Å²) in [6.45, 7) is 12.3. The standard InChI is InChI=1S/C17H30N2O5/c1-7-13(20)14(15(21)23-8-2)19-10-9-18(11-12(19)3)16(22)24-17(4,5)6/h12,14H,7-11H2,1-6H3/t12-,14?/m1/s1. The molecule has 0 spiro atoms. The highest BCUT2D eigenvalue weighted by molar-refractivity contribution is 6.03. The molecule has 7 heteroatoms. The highest BCUT2D eigenvalue weighted by atomic mass is 16.6. The van der Waals surface area contributed by atoms with Crippen molar-refractivity contribution in [2.45, 2.75) is 65.6 Å². The van der Waals surface area contributed by atoms with E-state index in [0.29, 0.717) is 19.6 Å². The van der Waals surface area contributed by atoms with E-state index in [4.69, 9.17) is 9.47 Å². The Morgan fingerprint density at radius 1 is 1.17 bits per heavy atom. The second kappa shape index (κ2) is 8.46. The van der Waals surface area contributed by atoms with Gasteiger partial charge in [0.2, 0.25) is 0 Å². The summed E-state index contributed by atoms with van der Waals surface area (Å²) >= 11 is 0. The molecule has 1 aliphatic rings. The topological polar surface area (TPSA) is 76.2 Å². The van der Waals surface area contributed by atoms with Crippen LogP contribution in [-0.2, 0) is 19.1 Å². The number of ether oxygens (including phenoxy) is 2. The maximum atomic E-state index is 12.2. The number of piperazine rings is 1. The van der Waals surface area contributed by atoms with E-state index >= 15 is 0 Å². The number of rotatable bonds is 5. The van der Waals surface area contributed by atoms with Crippen molar-refractivity contribution < 1.29 is 23.9 Å². The fourth-order valence-corrected chi connectivity index (χ4v) is 2.71. The molecular weight excluding hydrogens is 312 g/mol. The van der Waals surface area contributed by atoms with E-state index in [1.807, 2.05) is 32.6 Å². The first kappa shape index (κ1) is 20.4. The summed E-state index contributed by atoms with van der Waals surface area (Å²) in [4.78, 5) is 40.1. The molecule has 1 aliphatic heterocycles. The molecule has 0 aliphatic carbocycles. The highest BCUT2D eigenvalue weighted by Gasteiger charge is 2.39. The van der Waals surface area contributed by atoms with Crippen molar-refractivity contribution in [2.24, 2.45) is 0 Å². The third-order valence-corrected chi connectivity index (χ3v) is 3.83. The first-order chi connectivity index (χ1) is 11.1. The molecule has 1 amide bonds.